The monoisotopic (exact) mass is 378 g/mol. The average Bonchev–Trinajstić information content (AvgIpc) is 2.98. The summed E-state index contributed by atoms with van der Waals surface area (Å²) in [5.41, 5.74) is 4.04. The first-order chi connectivity index (χ1) is 12.5. The Morgan fingerprint density at radius 3 is 2.96 bits per heavy atom. The van der Waals surface area contributed by atoms with Gasteiger partial charge in [0.15, 0.2) is 0 Å². The number of anilines is 2. The Morgan fingerprint density at radius 2 is 2.23 bits per heavy atom. The van der Waals surface area contributed by atoms with Crippen LogP contribution < -0.4 is 10.8 Å². The maximum Gasteiger partial charge on any atom is 0.293 e. The van der Waals surface area contributed by atoms with Gasteiger partial charge in [-0.15, -0.1) is 0 Å². The standard InChI is InChI=1S/C17H16ClFN4O3/c1-9-2-3-13(12(19)6-9)21-15-10-7-20-8-11(18)14(10)22-16(15)17(25)23-26-5-4-24/h2-3,6-8,21-22,24H,4-5H2,1H3,(H,23,25). The van der Waals surface area contributed by atoms with E-state index in [4.69, 9.17) is 21.5 Å². The molecule has 0 unspecified atom stereocenters. The normalized spacial score (nSPS) is 10.9. The summed E-state index contributed by atoms with van der Waals surface area (Å²) in [6.07, 6.45) is 2.94. The fourth-order valence-electron chi connectivity index (χ4n) is 2.44. The van der Waals surface area contributed by atoms with Crippen LogP contribution in [0.2, 0.25) is 5.02 Å². The van der Waals surface area contributed by atoms with Gasteiger partial charge < -0.3 is 15.4 Å². The molecule has 0 fully saturated rings. The summed E-state index contributed by atoms with van der Waals surface area (Å²) in [6.45, 7) is 1.46. The fraction of sp³-hybridized carbons (Fsp3) is 0.176. The van der Waals surface area contributed by atoms with Crippen molar-refractivity contribution in [1.29, 1.82) is 0 Å². The number of nitrogens with zero attached hydrogens (tertiary/aromatic N) is 1. The summed E-state index contributed by atoms with van der Waals surface area (Å²) in [5, 5.41) is 12.5. The number of aliphatic hydroxyl groups excluding tert-OH is 1. The first kappa shape index (κ1) is 18.1. The number of aryl methyl sites for hydroxylation is 1. The highest BCUT2D eigenvalue weighted by atomic mass is 35.5. The number of benzene rings is 1. The Hall–Kier alpha value is -2.68. The molecule has 3 rings (SSSR count). The largest absolute Gasteiger partial charge is 0.394 e. The Morgan fingerprint density at radius 1 is 1.42 bits per heavy atom. The van der Waals surface area contributed by atoms with Gasteiger partial charge in [0.25, 0.3) is 5.91 Å². The molecule has 0 spiro atoms. The second-order valence-electron chi connectivity index (χ2n) is 5.53. The zero-order chi connectivity index (χ0) is 18.7. The van der Waals surface area contributed by atoms with Crippen LogP contribution in [0, 0.1) is 12.7 Å². The molecular formula is C17H16ClFN4O3. The third-order valence-electron chi connectivity index (χ3n) is 3.64. The number of carbonyl (C=O) groups excluding carboxylic acids is 1. The number of pyridine rings is 1. The van der Waals surface area contributed by atoms with Crippen LogP contribution in [0.25, 0.3) is 10.9 Å². The molecule has 9 heteroatoms. The van der Waals surface area contributed by atoms with Crippen LogP contribution in [0.15, 0.2) is 30.6 Å². The molecular weight excluding hydrogens is 363 g/mol. The van der Waals surface area contributed by atoms with Gasteiger partial charge >= 0.3 is 0 Å². The van der Waals surface area contributed by atoms with Gasteiger partial charge in [0.05, 0.1) is 35.1 Å². The van der Waals surface area contributed by atoms with Gasteiger partial charge in [-0.2, -0.15) is 0 Å². The number of nitrogens with one attached hydrogen (secondary N) is 3. The summed E-state index contributed by atoms with van der Waals surface area (Å²) in [4.78, 5) is 24.2. The summed E-state index contributed by atoms with van der Waals surface area (Å²) in [6, 6.07) is 4.70. The van der Waals surface area contributed by atoms with E-state index in [2.05, 4.69) is 20.8 Å². The molecule has 136 valence electrons. The van der Waals surface area contributed by atoms with Crippen LogP contribution in [0.1, 0.15) is 16.1 Å². The minimum absolute atomic E-state index is 0.0658. The molecule has 0 atom stereocenters. The lowest BCUT2D eigenvalue weighted by Gasteiger charge is -2.10. The van der Waals surface area contributed by atoms with E-state index in [1.54, 1.807) is 19.1 Å². The number of aromatic nitrogens is 2. The van der Waals surface area contributed by atoms with Crippen LogP contribution in [0.4, 0.5) is 15.8 Å². The third kappa shape index (κ3) is 3.62. The van der Waals surface area contributed by atoms with E-state index in [1.165, 1.54) is 18.5 Å². The zero-order valence-electron chi connectivity index (χ0n) is 13.8. The van der Waals surface area contributed by atoms with E-state index < -0.39 is 11.7 Å². The maximum absolute atomic E-state index is 14.2. The molecule has 7 nitrogen and oxygen atoms in total. The van der Waals surface area contributed by atoms with Crippen LogP contribution in [0.5, 0.6) is 0 Å². The van der Waals surface area contributed by atoms with E-state index in [-0.39, 0.29) is 24.6 Å². The number of aliphatic hydroxyl groups is 1. The molecule has 1 aromatic carbocycles. The molecule has 0 aliphatic rings. The number of hydrogen-bond donors (Lipinski definition) is 4. The predicted molar refractivity (Wildman–Crippen MR) is 96.0 cm³/mol. The van der Waals surface area contributed by atoms with Gasteiger partial charge in [-0.05, 0) is 24.6 Å². The average molecular weight is 379 g/mol. The quantitative estimate of drug-likeness (QED) is 0.390. The Bertz CT molecular complexity index is 961. The van der Waals surface area contributed by atoms with Gasteiger partial charge in [-0.1, -0.05) is 17.7 Å². The molecule has 0 aliphatic heterocycles. The highest BCUT2D eigenvalue weighted by Gasteiger charge is 2.21. The summed E-state index contributed by atoms with van der Waals surface area (Å²) < 4.78 is 14.2. The molecule has 0 aliphatic carbocycles. The predicted octanol–water partition coefficient (Wildman–Crippen LogP) is 3.06. The molecule has 3 aromatic rings. The number of H-pyrrole nitrogens is 1. The molecule has 2 aromatic heterocycles. The molecule has 0 radical (unpaired) electrons. The summed E-state index contributed by atoms with van der Waals surface area (Å²) in [7, 11) is 0. The number of carbonyl (C=O) groups is 1. The lowest BCUT2D eigenvalue weighted by Crippen LogP contribution is -2.26. The van der Waals surface area contributed by atoms with E-state index >= 15 is 0 Å². The number of hydrogen-bond acceptors (Lipinski definition) is 5. The zero-order valence-corrected chi connectivity index (χ0v) is 14.5. The number of rotatable bonds is 6. The maximum atomic E-state index is 14.2. The van der Waals surface area contributed by atoms with E-state index in [0.717, 1.165) is 5.56 Å². The van der Waals surface area contributed by atoms with Gasteiger partial charge in [0.1, 0.15) is 11.5 Å². The van der Waals surface area contributed by atoms with Crippen molar-refractivity contribution < 1.29 is 19.1 Å². The molecule has 4 N–H and O–H groups in total. The van der Waals surface area contributed by atoms with Gasteiger partial charge in [-0.3, -0.25) is 14.6 Å². The Kier molecular flexibility index (Phi) is 5.36. The molecule has 0 saturated heterocycles. The first-order valence-electron chi connectivity index (χ1n) is 7.72. The van der Waals surface area contributed by atoms with E-state index in [0.29, 0.717) is 21.6 Å². The smallest absolute Gasteiger partial charge is 0.293 e. The van der Waals surface area contributed by atoms with Crippen molar-refractivity contribution in [3.05, 3.63) is 52.7 Å². The number of halogens is 2. The van der Waals surface area contributed by atoms with Crippen molar-refractivity contribution in [2.24, 2.45) is 0 Å². The minimum Gasteiger partial charge on any atom is -0.394 e. The third-order valence-corrected chi connectivity index (χ3v) is 3.93. The van der Waals surface area contributed by atoms with Crippen molar-refractivity contribution in [3.63, 3.8) is 0 Å². The van der Waals surface area contributed by atoms with Crippen molar-refractivity contribution in [2.45, 2.75) is 6.92 Å². The van der Waals surface area contributed by atoms with Crippen molar-refractivity contribution in [3.8, 4) is 0 Å². The van der Waals surface area contributed by atoms with Crippen LogP contribution in [-0.2, 0) is 4.84 Å². The van der Waals surface area contributed by atoms with Gasteiger partial charge in [0.2, 0.25) is 0 Å². The minimum atomic E-state index is -0.610. The molecule has 2 heterocycles. The SMILES string of the molecule is Cc1ccc(Nc2c(C(=O)NOCCO)[nH]c3c(Cl)cncc23)c(F)c1. The van der Waals surface area contributed by atoms with Gasteiger partial charge in [-0.25, -0.2) is 9.87 Å². The summed E-state index contributed by atoms with van der Waals surface area (Å²) in [5.74, 6) is -1.07. The highest BCUT2D eigenvalue weighted by molar-refractivity contribution is 6.35. The number of hydroxylamine groups is 1. The topological polar surface area (TPSA) is 99.3 Å². The molecule has 1 amide bonds. The van der Waals surface area contributed by atoms with E-state index in [9.17, 15) is 9.18 Å². The molecule has 0 bridgehead atoms. The van der Waals surface area contributed by atoms with Crippen molar-refractivity contribution in [2.75, 3.05) is 18.5 Å². The Labute approximate surface area is 153 Å². The number of fused-ring (bicyclic) bond motifs is 1. The second kappa shape index (κ2) is 7.69. The van der Waals surface area contributed by atoms with Crippen LogP contribution in [0.3, 0.4) is 0 Å². The van der Waals surface area contributed by atoms with Crippen LogP contribution in [-0.4, -0.2) is 34.2 Å². The molecule has 0 saturated carbocycles. The lowest BCUT2D eigenvalue weighted by atomic mass is 10.2. The number of aromatic amines is 1. The van der Waals surface area contributed by atoms with E-state index in [1.807, 2.05) is 0 Å². The summed E-state index contributed by atoms with van der Waals surface area (Å²) >= 11 is 6.14. The molecule has 26 heavy (non-hydrogen) atoms. The van der Waals surface area contributed by atoms with Crippen LogP contribution >= 0.6 is 11.6 Å². The van der Waals surface area contributed by atoms with Crippen molar-refractivity contribution >= 4 is 39.8 Å². The number of amides is 1. The second-order valence-corrected chi connectivity index (χ2v) is 5.94. The van der Waals surface area contributed by atoms with Crippen molar-refractivity contribution in [1.82, 2.24) is 15.4 Å². The van der Waals surface area contributed by atoms with Gasteiger partial charge in [0, 0.05) is 17.8 Å². The lowest BCUT2D eigenvalue weighted by molar-refractivity contribution is 0.0166. The highest BCUT2D eigenvalue weighted by Crippen LogP contribution is 2.34. The fourth-order valence-corrected chi connectivity index (χ4v) is 2.65. The Balaban J connectivity index is 2.04. The first-order valence-corrected chi connectivity index (χ1v) is 8.10.